The van der Waals surface area contributed by atoms with E-state index in [-0.39, 0.29) is 5.75 Å². The highest BCUT2D eigenvalue weighted by Gasteiger charge is 2.15. The van der Waals surface area contributed by atoms with Crippen LogP contribution in [0.15, 0.2) is 47.6 Å². The monoisotopic (exact) mass is 355 g/mol. The summed E-state index contributed by atoms with van der Waals surface area (Å²) in [6.07, 6.45) is 0. The summed E-state index contributed by atoms with van der Waals surface area (Å²) in [7, 11) is 1.48. The van der Waals surface area contributed by atoms with E-state index in [0.717, 1.165) is 16.6 Å². The van der Waals surface area contributed by atoms with Crippen molar-refractivity contribution in [3.63, 3.8) is 0 Å². The van der Waals surface area contributed by atoms with Crippen LogP contribution in [-0.2, 0) is 4.79 Å². The molecular formula is C18H17N3O3S. The number of amides is 2. The first-order valence-electron chi connectivity index (χ1n) is 7.63. The average molecular weight is 355 g/mol. The Kier molecular flexibility index (Phi) is 5.04. The molecule has 25 heavy (non-hydrogen) atoms. The van der Waals surface area contributed by atoms with Gasteiger partial charge < -0.3 is 9.72 Å². The van der Waals surface area contributed by atoms with Crippen molar-refractivity contribution in [2.45, 2.75) is 12.1 Å². The molecule has 2 amide bonds. The summed E-state index contributed by atoms with van der Waals surface area (Å²) in [6.45, 7) is 2.00. The van der Waals surface area contributed by atoms with Crippen LogP contribution in [0.25, 0.3) is 11.0 Å². The highest BCUT2D eigenvalue weighted by Crippen LogP contribution is 2.20. The summed E-state index contributed by atoms with van der Waals surface area (Å²) >= 11 is 1.25. The number of carbonyl (C=O) groups excluding carboxylic acids is 2. The largest absolute Gasteiger partial charge is 0.496 e. The first kappa shape index (κ1) is 17.0. The van der Waals surface area contributed by atoms with Crippen LogP contribution < -0.4 is 10.1 Å². The molecule has 0 aliphatic heterocycles. The standard InChI is InChI=1S/C18H17N3O3S/c1-11-7-8-13-14(9-11)20-18(19-13)25-10-16(22)21-17(23)12-5-3-4-6-15(12)24-2/h3-9H,10H2,1-2H3,(H,19,20)(H,21,22,23). The fraction of sp³-hybridized carbons (Fsp3) is 0.167. The van der Waals surface area contributed by atoms with Crippen LogP contribution in [0.4, 0.5) is 0 Å². The van der Waals surface area contributed by atoms with Gasteiger partial charge in [-0.1, -0.05) is 30.0 Å². The second-order valence-electron chi connectivity index (χ2n) is 5.43. The summed E-state index contributed by atoms with van der Waals surface area (Å²) in [4.78, 5) is 31.8. The fourth-order valence-corrected chi connectivity index (χ4v) is 3.05. The van der Waals surface area contributed by atoms with Gasteiger partial charge in [0.1, 0.15) is 5.75 Å². The Morgan fingerprint density at radius 2 is 2.04 bits per heavy atom. The van der Waals surface area contributed by atoms with Gasteiger partial charge in [-0.15, -0.1) is 0 Å². The molecule has 7 heteroatoms. The molecule has 6 nitrogen and oxygen atoms in total. The van der Waals surface area contributed by atoms with E-state index in [1.807, 2.05) is 25.1 Å². The van der Waals surface area contributed by atoms with Crippen molar-refractivity contribution in [3.05, 3.63) is 53.6 Å². The SMILES string of the molecule is COc1ccccc1C(=O)NC(=O)CSc1nc2ccc(C)cc2[nH]1. The van der Waals surface area contributed by atoms with Crippen LogP contribution in [0.2, 0.25) is 0 Å². The number of carbonyl (C=O) groups is 2. The quantitative estimate of drug-likeness (QED) is 0.688. The van der Waals surface area contributed by atoms with Crippen molar-refractivity contribution in [1.29, 1.82) is 0 Å². The summed E-state index contributed by atoms with van der Waals surface area (Å²) in [6, 6.07) is 12.7. The Balaban J connectivity index is 1.61. The Morgan fingerprint density at radius 3 is 2.84 bits per heavy atom. The van der Waals surface area contributed by atoms with Crippen molar-refractivity contribution in [3.8, 4) is 5.75 Å². The molecule has 0 aliphatic rings. The van der Waals surface area contributed by atoms with Gasteiger partial charge in [0.05, 0.1) is 29.5 Å². The molecule has 0 saturated heterocycles. The zero-order valence-corrected chi connectivity index (χ0v) is 14.6. The predicted molar refractivity (Wildman–Crippen MR) is 97.0 cm³/mol. The normalized spacial score (nSPS) is 10.6. The van der Waals surface area contributed by atoms with Crippen molar-refractivity contribution in [1.82, 2.24) is 15.3 Å². The number of benzene rings is 2. The molecular weight excluding hydrogens is 338 g/mol. The maximum Gasteiger partial charge on any atom is 0.261 e. The smallest absolute Gasteiger partial charge is 0.261 e. The van der Waals surface area contributed by atoms with E-state index in [2.05, 4.69) is 15.3 Å². The number of hydrogen-bond donors (Lipinski definition) is 2. The number of imide groups is 1. The molecule has 1 heterocycles. The molecule has 0 fully saturated rings. The topological polar surface area (TPSA) is 84.1 Å². The number of methoxy groups -OCH3 is 1. The number of para-hydroxylation sites is 1. The zero-order chi connectivity index (χ0) is 17.8. The Morgan fingerprint density at radius 1 is 1.24 bits per heavy atom. The van der Waals surface area contributed by atoms with Crippen molar-refractivity contribution in [2.24, 2.45) is 0 Å². The number of H-pyrrole nitrogens is 1. The van der Waals surface area contributed by atoms with Crippen molar-refractivity contribution < 1.29 is 14.3 Å². The lowest BCUT2D eigenvalue weighted by molar-refractivity contribution is -0.117. The van der Waals surface area contributed by atoms with Crippen LogP contribution in [0, 0.1) is 6.92 Å². The molecule has 128 valence electrons. The maximum absolute atomic E-state index is 12.2. The van der Waals surface area contributed by atoms with E-state index in [9.17, 15) is 9.59 Å². The average Bonchev–Trinajstić information content (AvgIpc) is 3.01. The molecule has 0 saturated carbocycles. The lowest BCUT2D eigenvalue weighted by Gasteiger charge is -2.07. The van der Waals surface area contributed by atoms with Gasteiger partial charge in [-0.25, -0.2) is 4.98 Å². The van der Waals surface area contributed by atoms with Crippen LogP contribution in [0.5, 0.6) is 5.75 Å². The van der Waals surface area contributed by atoms with Gasteiger partial charge >= 0.3 is 0 Å². The molecule has 3 rings (SSSR count). The fourth-order valence-electron chi connectivity index (χ4n) is 2.36. The second-order valence-corrected chi connectivity index (χ2v) is 6.39. The molecule has 0 aliphatic carbocycles. The van der Waals surface area contributed by atoms with Gasteiger partial charge in [0.2, 0.25) is 5.91 Å². The van der Waals surface area contributed by atoms with E-state index >= 15 is 0 Å². The summed E-state index contributed by atoms with van der Waals surface area (Å²) in [5, 5.41) is 3.00. The Labute approximate surface area is 149 Å². The van der Waals surface area contributed by atoms with Gasteiger partial charge in [-0.2, -0.15) is 0 Å². The molecule has 0 atom stereocenters. The van der Waals surface area contributed by atoms with Crippen LogP contribution >= 0.6 is 11.8 Å². The number of hydrogen-bond acceptors (Lipinski definition) is 5. The van der Waals surface area contributed by atoms with Gasteiger partial charge in [-0.05, 0) is 36.8 Å². The number of rotatable bonds is 5. The highest BCUT2D eigenvalue weighted by atomic mass is 32.2. The summed E-state index contributed by atoms with van der Waals surface area (Å²) in [5.41, 5.74) is 3.22. The number of aromatic nitrogens is 2. The molecule has 2 N–H and O–H groups in total. The minimum Gasteiger partial charge on any atom is -0.496 e. The van der Waals surface area contributed by atoms with E-state index in [1.165, 1.54) is 18.9 Å². The van der Waals surface area contributed by atoms with Gasteiger partial charge in [0, 0.05) is 0 Å². The van der Waals surface area contributed by atoms with Crippen molar-refractivity contribution >= 4 is 34.6 Å². The predicted octanol–water partition coefficient (Wildman–Crippen LogP) is 2.93. The molecule has 1 aromatic heterocycles. The first-order valence-corrected chi connectivity index (χ1v) is 8.62. The molecule has 0 radical (unpaired) electrons. The number of ether oxygens (including phenoxy) is 1. The minimum absolute atomic E-state index is 0.0830. The Bertz CT molecular complexity index is 936. The number of imidazole rings is 1. The molecule has 0 unspecified atom stereocenters. The van der Waals surface area contributed by atoms with E-state index < -0.39 is 11.8 Å². The third-order valence-corrected chi connectivity index (χ3v) is 4.43. The lowest BCUT2D eigenvalue weighted by atomic mass is 10.2. The molecule has 0 spiro atoms. The van der Waals surface area contributed by atoms with Gasteiger partial charge in [0.15, 0.2) is 5.16 Å². The highest BCUT2D eigenvalue weighted by molar-refractivity contribution is 7.99. The van der Waals surface area contributed by atoms with Gasteiger partial charge in [-0.3, -0.25) is 14.9 Å². The maximum atomic E-state index is 12.2. The van der Waals surface area contributed by atoms with Crippen molar-refractivity contribution in [2.75, 3.05) is 12.9 Å². The first-order chi connectivity index (χ1) is 12.1. The third-order valence-electron chi connectivity index (χ3n) is 3.56. The Hall–Kier alpha value is -2.80. The third kappa shape index (κ3) is 4.00. The second kappa shape index (κ2) is 7.40. The van der Waals surface area contributed by atoms with Crippen LogP contribution in [0.1, 0.15) is 15.9 Å². The number of fused-ring (bicyclic) bond motifs is 1. The number of aromatic amines is 1. The van der Waals surface area contributed by atoms with E-state index in [0.29, 0.717) is 16.5 Å². The number of aryl methyl sites for hydroxylation is 1. The van der Waals surface area contributed by atoms with Crippen LogP contribution in [-0.4, -0.2) is 34.6 Å². The molecule has 0 bridgehead atoms. The zero-order valence-electron chi connectivity index (χ0n) is 13.8. The number of nitrogens with one attached hydrogen (secondary N) is 2. The van der Waals surface area contributed by atoms with Crippen LogP contribution in [0.3, 0.4) is 0 Å². The summed E-state index contributed by atoms with van der Waals surface area (Å²) < 4.78 is 5.13. The van der Waals surface area contributed by atoms with E-state index in [4.69, 9.17) is 4.74 Å². The molecule has 3 aromatic rings. The molecule has 2 aromatic carbocycles. The number of thioether (sulfide) groups is 1. The van der Waals surface area contributed by atoms with Gasteiger partial charge in [0.25, 0.3) is 5.91 Å². The summed E-state index contributed by atoms with van der Waals surface area (Å²) in [5.74, 6) is -0.367. The van der Waals surface area contributed by atoms with E-state index in [1.54, 1.807) is 24.3 Å². The lowest BCUT2D eigenvalue weighted by Crippen LogP contribution is -2.32. The minimum atomic E-state index is -0.483. The number of nitrogens with zero attached hydrogens (tertiary/aromatic N) is 1.